The fraction of sp³-hybridized carbons (Fsp3) is 0.258. The topological polar surface area (TPSA) is 133 Å². The highest BCUT2D eigenvalue weighted by Gasteiger charge is 2.25. The number of nitrogen functional groups attached to an aromatic ring is 1. The Morgan fingerprint density at radius 1 is 0.950 bits per heavy atom. The van der Waals surface area contributed by atoms with Crippen molar-refractivity contribution >= 4 is 32.5 Å². The molecule has 0 saturated heterocycles. The molecule has 0 saturated carbocycles. The first-order valence-electron chi connectivity index (χ1n) is 13.0. The number of hydrogen-bond donors (Lipinski definition) is 4. The monoisotopic (exact) mass is 561 g/mol. The molecule has 1 atom stereocenters. The Kier molecular flexibility index (Phi) is 8.60. The van der Waals surface area contributed by atoms with Crippen molar-refractivity contribution in [1.82, 2.24) is 9.62 Å². The Hall–Kier alpha value is -3.76. The van der Waals surface area contributed by atoms with Gasteiger partial charge < -0.3 is 21.3 Å². The number of carbonyl (C=O) groups is 1. The molecule has 0 aliphatic carbocycles. The summed E-state index contributed by atoms with van der Waals surface area (Å²) in [5.41, 5.74) is 7.97. The highest BCUT2D eigenvalue weighted by atomic mass is 32.2. The van der Waals surface area contributed by atoms with Crippen LogP contribution in [0, 0.1) is 0 Å². The number of nitrogens with two attached hydrogens (primary N) is 1. The van der Waals surface area contributed by atoms with Crippen molar-refractivity contribution in [3.8, 4) is 11.1 Å². The van der Waals surface area contributed by atoms with Crippen LogP contribution in [0.1, 0.15) is 29.8 Å². The average Bonchev–Trinajstić information content (AvgIpc) is 2.91. The number of β-amino-alcohol motifs (C(OH)–C–C–N with tert-alkyl or cyclic N) is 1. The number of rotatable bonds is 11. The van der Waals surface area contributed by atoms with Crippen LogP contribution in [0.15, 0.2) is 89.8 Å². The zero-order valence-corrected chi connectivity index (χ0v) is 23.7. The van der Waals surface area contributed by atoms with E-state index in [-0.39, 0.29) is 34.8 Å². The summed E-state index contributed by atoms with van der Waals surface area (Å²) in [5, 5.41) is 25.6. The molecule has 0 radical (unpaired) electrons. The van der Waals surface area contributed by atoms with Crippen LogP contribution in [-0.2, 0) is 16.4 Å². The van der Waals surface area contributed by atoms with Crippen molar-refractivity contribution in [3.05, 3.63) is 96.1 Å². The van der Waals surface area contributed by atoms with Gasteiger partial charge in [0.05, 0.1) is 16.6 Å². The number of likely N-dealkylation sites (N-methyl/N-ethyl adjacent to an activating group) is 1. The summed E-state index contributed by atoms with van der Waals surface area (Å²) in [6.07, 6.45) is -0.189. The van der Waals surface area contributed by atoms with Gasteiger partial charge in [0.2, 0.25) is 10.0 Å². The highest BCUT2D eigenvalue weighted by molar-refractivity contribution is 7.89. The van der Waals surface area contributed by atoms with Gasteiger partial charge in [-0.2, -0.15) is 4.31 Å². The molecule has 4 rings (SSSR count). The number of sulfonamides is 1. The summed E-state index contributed by atoms with van der Waals surface area (Å²) in [5.74, 6) is -1.13. The minimum Gasteiger partial charge on any atom is -0.478 e. The second kappa shape index (κ2) is 11.8. The Morgan fingerprint density at radius 2 is 1.65 bits per heavy atom. The number of fused-ring (bicyclic) bond motifs is 1. The molecule has 0 bridgehead atoms. The molecule has 210 valence electrons. The molecular weight excluding hydrogens is 526 g/mol. The van der Waals surface area contributed by atoms with Gasteiger partial charge in [0.25, 0.3) is 0 Å². The van der Waals surface area contributed by atoms with Gasteiger partial charge in [-0.25, -0.2) is 13.2 Å². The zero-order chi connectivity index (χ0) is 29.1. The van der Waals surface area contributed by atoms with Crippen molar-refractivity contribution in [3.63, 3.8) is 0 Å². The molecule has 4 aromatic carbocycles. The van der Waals surface area contributed by atoms with Crippen molar-refractivity contribution in [2.24, 2.45) is 0 Å². The standard InChI is InChI=1S/C31H35N3O5S/c1-31(2,18-21-11-12-22-7-4-5-8-23(22)15-21)33-19-26(35)20-34(3)40(38,39)27-10-6-9-24(16-27)25-13-14-28(30(36)37)29(32)17-25/h4-17,26,33,35H,18-20,32H2,1-3H3,(H,36,37)/t26-/m1/s1. The summed E-state index contributed by atoms with van der Waals surface area (Å²) in [6.45, 7) is 4.23. The lowest BCUT2D eigenvalue weighted by atomic mass is 9.93. The van der Waals surface area contributed by atoms with E-state index in [1.165, 1.54) is 47.6 Å². The lowest BCUT2D eigenvalue weighted by molar-refractivity contribution is 0.0698. The van der Waals surface area contributed by atoms with Gasteiger partial charge in [0, 0.05) is 31.4 Å². The Bertz CT molecular complexity index is 1640. The fourth-order valence-electron chi connectivity index (χ4n) is 4.73. The number of nitrogens with zero attached hydrogens (tertiary/aromatic N) is 1. The quantitative estimate of drug-likeness (QED) is 0.200. The molecular formula is C31H35N3O5S. The first kappa shape index (κ1) is 29.2. The molecule has 0 amide bonds. The number of benzene rings is 4. The van der Waals surface area contributed by atoms with Gasteiger partial charge in [-0.3, -0.25) is 0 Å². The SMILES string of the molecule is CN(C[C@H](O)CNC(C)(C)Cc1ccc2ccccc2c1)S(=O)(=O)c1cccc(-c2ccc(C(=O)O)c(N)c2)c1. The largest absolute Gasteiger partial charge is 0.478 e. The lowest BCUT2D eigenvalue weighted by Crippen LogP contribution is -2.47. The number of carboxylic acids is 1. The van der Waals surface area contributed by atoms with Crippen molar-refractivity contribution in [2.45, 2.75) is 36.8 Å². The third-order valence-electron chi connectivity index (χ3n) is 6.90. The number of aromatic carboxylic acids is 1. The number of aliphatic hydroxyl groups is 1. The van der Waals surface area contributed by atoms with Crippen molar-refractivity contribution < 1.29 is 23.4 Å². The summed E-state index contributed by atoms with van der Waals surface area (Å²) in [7, 11) is -2.46. The molecule has 0 heterocycles. The van der Waals surface area contributed by atoms with Crippen LogP contribution >= 0.6 is 0 Å². The predicted octanol–water partition coefficient (Wildman–Crippen LogP) is 4.38. The van der Waals surface area contributed by atoms with E-state index >= 15 is 0 Å². The number of anilines is 1. The molecule has 0 unspecified atom stereocenters. The van der Waals surface area contributed by atoms with Gasteiger partial charge in [-0.05, 0) is 72.0 Å². The Morgan fingerprint density at radius 3 is 2.35 bits per heavy atom. The van der Waals surface area contributed by atoms with Crippen LogP contribution in [0.3, 0.4) is 0 Å². The molecule has 40 heavy (non-hydrogen) atoms. The Balaban J connectivity index is 1.39. The van der Waals surface area contributed by atoms with Crippen molar-refractivity contribution in [1.29, 1.82) is 0 Å². The van der Waals surface area contributed by atoms with E-state index in [0.29, 0.717) is 11.1 Å². The van der Waals surface area contributed by atoms with E-state index < -0.39 is 22.1 Å². The zero-order valence-electron chi connectivity index (χ0n) is 22.8. The van der Waals surface area contributed by atoms with Crippen LogP contribution in [0.5, 0.6) is 0 Å². The molecule has 0 aliphatic heterocycles. The van der Waals surface area contributed by atoms with E-state index in [0.717, 1.165) is 10.7 Å². The third kappa shape index (κ3) is 6.86. The smallest absolute Gasteiger partial charge is 0.337 e. The summed E-state index contributed by atoms with van der Waals surface area (Å²) in [4.78, 5) is 11.3. The second-order valence-electron chi connectivity index (χ2n) is 10.7. The third-order valence-corrected chi connectivity index (χ3v) is 8.72. The molecule has 4 aromatic rings. The van der Waals surface area contributed by atoms with Gasteiger partial charge >= 0.3 is 5.97 Å². The number of aliphatic hydroxyl groups excluding tert-OH is 1. The number of hydrogen-bond acceptors (Lipinski definition) is 6. The maximum atomic E-state index is 13.3. The van der Waals surface area contributed by atoms with Gasteiger partial charge in [0.15, 0.2) is 0 Å². The van der Waals surface area contributed by atoms with Crippen molar-refractivity contribution in [2.75, 3.05) is 25.9 Å². The molecule has 0 aliphatic rings. The van der Waals surface area contributed by atoms with Crippen LogP contribution in [-0.4, -0.2) is 60.7 Å². The molecule has 0 fully saturated rings. The average molecular weight is 562 g/mol. The second-order valence-corrected chi connectivity index (χ2v) is 12.7. The molecule has 9 heteroatoms. The van der Waals surface area contributed by atoms with E-state index in [1.807, 2.05) is 12.1 Å². The first-order valence-corrected chi connectivity index (χ1v) is 14.4. The summed E-state index contributed by atoms with van der Waals surface area (Å²) in [6, 6.07) is 25.4. The fourth-order valence-corrected chi connectivity index (χ4v) is 5.98. The van der Waals surface area contributed by atoms with Crippen LogP contribution in [0.2, 0.25) is 0 Å². The van der Waals surface area contributed by atoms with E-state index in [2.05, 4.69) is 49.5 Å². The molecule has 5 N–H and O–H groups in total. The molecule has 0 spiro atoms. The van der Waals surface area contributed by atoms with Gasteiger partial charge in [-0.15, -0.1) is 0 Å². The van der Waals surface area contributed by atoms with E-state index in [4.69, 9.17) is 5.73 Å². The maximum Gasteiger partial charge on any atom is 0.337 e. The predicted molar refractivity (Wildman–Crippen MR) is 159 cm³/mol. The Labute approximate surface area is 235 Å². The lowest BCUT2D eigenvalue weighted by Gasteiger charge is -2.29. The van der Waals surface area contributed by atoms with Gasteiger partial charge in [-0.1, -0.05) is 60.7 Å². The molecule has 8 nitrogen and oxygen atoms in total. The summed E-state index contributed by atoms with van der Waals surface area (Å²) < 4.78 is 27.7. The van der Waals surface area contributed by atoms with E-state index in [9.17, 15) is 23.4 Å². The minimum atomic E-state index is -3.90. The molecule has 0 aromatic heterocycles. The number of nitrogens with one attached hydrogen (secondary N) is 1. The van der Waals surface area contributed by atoms with E-state index in [1.54, 1.807) is 18.2 Å². The van der Waals surface area contributed by atoms with Crippen LogP contribution in [0.25, 0.3) is 21.9 Å². The normalized spacial score (nSPS) is 13.0. The minimum absolute atomic E-state index is 0.0182. The van der Waals surface area contributed by atoms with Crippen LogP contribution in [0.4, 0.5) is 5.69 Å². The highest BCUT2D eigenvalue weighted by Crippen LogP contribution is 2.27. The van der Waals surface area contributed by atoms with Crippen LogP contribution < -0.4 is 11.1 Å². The summed E-state index contributed by atoms with van der Waals surface area (Å²) >= 11 is 0. The number of carboxylic acid groups (broad SMARTS) is 1. The van der Waals surface area contributed by atoms with Gasteiger partial charge in [0.1, 0.15) is 0 Å². The first-order chi connectivity index (χ1) is 18.9. The maximum absolute atomic E-state index is 13.3.